The molecule has 0 bridgehead atoms. The van der Waals surface area contributed by atoms with Crippen molar-refractivity contribution in [3.05, 3.63) is 57.6 Å². The Balaban J connectivity index is 2.26. The van der Waals surface area contributed by atoms with Gasteiger partial charge in [-0.1, -0.05) is 41.1 Å². The molecular formula is C18H22BrNO. The van der Waals surface area contributed by atoms with Crippen LogP contribution in [0.15, 0.2) is 40.9 Å². The number of aryl methyl sites for hydroxylation is 2. The third kappa shape index (κ3) is 4.32. The van der Waals surface area contributed by atoms with Crippen LogP contribution in [-0.2, 0) is 6.42 Å². The molecule has 2 aromatic carbocycles. The van der Waals surface area contributed by atoms with E-state index >= 15 is 0 Å². The van der Waals surface area contributed by atoms with Crippen LogP contribution in [-0.4, -0.2) is 6.04 Å². The fourth-order valence-electron chi connectivity index (χ4n) is 2.13. The second-order valence-corrected chi connectivity index (χ2v) is 6.40. The zero-order chi connectivity index (χ0) is 15.4. The lowest BCUT2D eigenvalue weighted by Crippen LogP contribution is -2.21. The Hall–Kier alpha value is -1.32. The molecule has 2 N–H and O–H groups in total. The fraction of sp³-hybridized carbons (Fsp3) is 0.333. The van der Waals surface area contributed by atoms with Gasteiger partial charge < -0.3 is 10.5 Å². The molecule has 2 nitrogen and oxygen atoms in total. The van der Waals surface area contributed by atoms with Crippen molar-refractivity contribution in [2.24, 2.45) is 5.73 Å². The monoisotopic (exact) mass is 347 g/mol. The van der Waals surface area contributed by atoms with E-state index in [1.807, 2.05) is 25.1 Å². The Morgan fingerprint density at radius 2 is 1.67 bits per heavy atom. The van der Waals surface area contributed by atoms with Crippen molar-refractivity contribution in [1.82, 2.24) is 0 Å². The summed E-state index contributed by atoms with van der Waals surface area (Å²) in [6, 6.07) is 12.6. The van der Waals surface area contributed by atoms with Gasteiger partial charge in [-0.2, -0.15) is 0 Å². The zero-order valence-electron chi connectivity index (χ0n) is 12.8. The number of hydrogen-bond donors (Lipinski definition) is 1. The first-order chi connectivity index (χ1) is 9.99. The minimum atomic E-state index is 0.202. The normalized spacial score (nSPS) is 12.2. The van der Waals surface area contributed by atoms with E-state index in [4.69, 9.17) is 10.5 Å². The van der Waals surface area contributed by atoms with Crippen LogP contribution >= 0.6 is 15.9 Å². The van der Waals surface area contributed by atoms with Gasteiger partial charge in [-0.25, -0.2) is 0 Å². The van der Waals surface area contributed by atoms with Gasteiger partial charge in [0, 0.05) is 10.5 Å². The highest BCUT2D eigenvalue weighted by molar-refractivity contribution is 9.10. The quantitative estimate of drug-likeness (QED) is 0.812. The van der Waals surface area contributed by atoms with Gasteiger partial charge in [0.2, 0.25) is 0 Å². The van der Waals surface area contributed by atoms with Crippen molar-refractivity contribution >= 4 is 15.9 Å². The summed E-state index contributed by atoms with van der Waals surface area (Å²) in [5, 5.41) is 0. The molecule has 0 saturated carbocycles. The maximum Gasteiger partial charge on any atom is 0.131 e. The molecule has 0 saturated heterocycles. The fourth-order valence-corrected chi connectivity index (χ4v) is 2.47. The van der Waals surface area contributed by atoms with Gasteiger partial charge >= 0.3 is 0 Å². The highest BCUT2D eigenvalue weighted by atomic mass is 79.9. The second kappa shape index (κ2) is 7.10. The molecule has 0 fully saturated rings. The molecule has 0 amide bonds. The summed E-state index contributed by atoms with van der Waals surface area (Å²) in [4.78, 5) is 0. The van der Waals surface area contributed by atoms with Crippen molar-refractivity contribution < 1.29 is 4.74 Å². The van der Waals surface area contributed by atoms with Crippen LogP contribution in [0.1, 0.15) is 30.0 Å². The summed E-state index contributed by atoms with van der Waals surface area (Å²) in [5.41, 5.74) is 9.51. The van der Waals surface area contributed by atoms with Gasteiger partial charge in [-0.05, 0) is 61.6 Å². The first-order valence-electron chi connectivity index (χ1n) is 7.28. The minimum Gasteiger partial charge on any atom is -0.457 e. The highest BCUT2D eigenvalue weighted by Gasteiger charge is 2.08. The van der Waals surface area contributed by atoms with Crippen LogP contribution in [0.5, 0.6) is 11.5 Å². The van der Waals surface area contributed by atoms with Crippen LogP contribution in [0.3, 0.4) is 0 Å². The summed E-state index contributed by atoms with van der Waals surface area (Å²) >= 11 is 3.49. The largest absolute Gasteiger partial charge is 0.457 e. The molecule has 0 aliphatic carbocycles. The van der Waals surface area contributed by atoms with Crippen molar-refractivity contribution in [2.45, 2.75) is 39.7 Å². The van der Waals surface area contributed by atoms with E-state index in [1.165, 1.54) is 5.56 Å². The number of nitrogens with two attached hydrogens (primary N) is 1. The molecule has 0 heterocycles. The number of benzene rings is 2. The van der Waals surface area contributed by atoms with E-state index in [1.54, 1.807) is 0 Å². The van der Waals surface area contributed by atoms with Crippen molar-refractivity contribution in [1.29, 1.82) is 0 Å². The van der Waals surface area contributed by atoms with E-state index in [9.17, 15) is 0 Å². The highest BCUT2D eigenvalue weighted by Crippen LogP contribution is 2.31. The van der Waals surface area contributed by atoms with Crippen LogP contribution in [0, 0.1) is 13.8 Å². The van der Waals surface area contributed by atoms with Crippen LogP contribution in [0.25, 0.3) is 0 Å². The molecule has 1 unspecified atom stereocenters. The Morgan fingerprint density at radius 3 is 2.33 bits per heavy atom. The van der Waals surface area contributed by atoms with Gasteiger partial charge in [0.1, 0.15) is 11.5 Å². The lowest BCUT2D eigenvalue weighted by atomic mass is 10.0. The summed E-state index contributed by atoms with van der Waals surface area (Å²) in [6.45, 7) is 6.22. The summed E-state index contributed by atoms with van der Waals surface area (Å²) < 4.78 is 7.12. The predicted molar refractivity (Wildman–Crippen MR) is 92.1 cm³/mol. The topological polar surface area (TPSA) is 35.2 Å². The van der Waals surface area contributed by atoms with Crippen LogP contribution in [0.4, 0.5) is 0 Å². The van der Waals surface area contributed by atoms with E-state index in [2.05, 4.69) is 48.0 Å². The molecule has 0 aromatic heterocycles. The van der Waals surface area contributed by atoms with E-state index < -0.39 is 0 Å². The molecule has 1 atom stereocenters. The Labute approximate surface area is 135 Å². The van der Waals surface area contributed by atoms with Gasteiger partial charge in [-0.15, -0.1) is 0 Å². The SMILES string of the molecule is CCC(N)Cc1ccc(C)c(Oc2cc(Br)ccc2C)c1. The van der Waals surface area contributed by atoms with Crippen LogP contribution in [0.2, 0.25) is 0 Å². The number of ether oxygens (including phenoxy) is 1. The second-order valence-electron chi connectivity index (χ2n) is 5.48. The number of rotatable bonds is 5. The standard InChI is InChI=1S/C18H22BrNO/c1-4-16(20)9-14-7-5-12(2)17(10-14)21-18-11-15(19)8-6-13(18)3/h5-8,10-11,16H,4,9,20H2,1-3H3. The predicted octanol–water partition coefficient (Wildman–Crippen LogP) is 5.14. The lowest BCUT2D eigenvalue weighted by molar-refractivity contribution is 0.473. The first-order valence-corrected chi connectivity index (χ1v) is 8.08. The molecular weight excluding hydrogens is 326 g/mol. The summed E-state index contributed by atoms with van der Waals surface area (Å²) in [6.07, 6.45) is 1.86. The van der Waals surface area contributed by atoms with E-state index in [0.29, 0.717) is 0 Å². The minimum absolute atomic E-state index is 0.202. The van der Waals surface area contributed by atoms with Gasteiger partial charge in [0.25, 0.3) is 0 Å². The third-order valence-corrected chi connectivity index (χ3v) is 4.14. The number of halogens is 1. The van der Waals surface area contributed by atoms with Gasteiger partial charge in [0.05, 0.1) is 0 Å². The van der Waals surface area contributed by atoms with Crippen molar-refractivity contribution in [3.8, 4) is 11.5 Å². The Bertz CT molecular complexity index is 625. The molecule has 0 aliphatic heterocycles. The average Bonchev–Trinajstić information content (AvgIpc) is 2.46. The van der Waals surface area contributed by atoms with E-state index in [0.717, 1.165) is 39.9 Å². The molecule has 2 rings (SSSR count). The molecule has 112 valence electrons. The molecule has 2 aromatic rings. The summed E-state index contributed by atoms with van der Waals surface area (Å²) in [5.74, 6) is 1.78. The van der Waals surface area contributed by atoms with Gasteiger partial charge in [-0.3, -0.25) is 0 Å². The average molecular weight is 348 g/mol. The van der Waals surface area contributed by atoms with E-state index in [-0.39, 0.29) is 6.04 Å². The maximum atomic E-state index is 6.11. The van der Waals surface area contributed by atoms with Gasteiger partial charge in [0.15, 0.2) is 0 Å². The van der Waals surface area contributed by atoms with Crippen LogP contribution < -0.4 is 10.5 Å². The Kier molecular flexibility index (Phi) is 5.43. The molecule has 21 heavy (non-hydrogen) atoms. The molecule has 0 spiro atoms. The van der Waals surface area contributed by atoms with Crippen molar-refractivity contribution in [2.75, 3.05) is 0 Å². The number of hydrogen-bond acceptors (Lipinski definition) is 2. The molecule has 0 aliphatic rings. The summed E-state index contributed by atoms with van der Waals surface area (Å²) in [7, 11) is 0. The van der Waals surface area contributed by atoms with Crippen molar-refractivity contribution in [3.63, 3.8) is 0 Å². The first kappa shape index (κ1) is 16.1. The zero-order valence-corrected chi connectivity index (χ0v) is 14.4. The molecule has 3 heteroatoms. The molecule has 0 radical (unpaired) electrons. The Morgan fingerprint density at radius 1 is 1.05 bits per heavy atom. The third-order valence-electron chi connectivity index (χ3n) is 3.64. The maximum absolute atomic E-state index is 6.11. The lowest BCUT2D eigenvalue weighted by Gasteiger charge is -2.14. The smallest absolute Gasteiger partial charge is 0.131 e.